The first-order chi connectivity index (χ1) is 14.0. The highest BCUT2D eigenvalue weighted by molar-refractivity contribution is 7.80. The molecule has 0 aliphatic rings. The predicted octanol–water partition coefficient (Wildman–Crippen LogP) is 5.71. The van der Waals surface area contributed by atoms with Crippen LogP contribution in [-0.4, -0.2) is 16.0 Å². The number of thiocarbonyl (C=S) groups is 1. The summed E-state index contributed by atoms with van der Waals surface area (Å²) in [6.07, 6.45) is 0. The maximum atomic E-state index is 12.3. The predicted molar refractivity (Wildman–Crippen MR) is 125 cm³/mol. The summed E-state index contributed by atoms with van der Waals surface area (Å²) in [5, 5.41) is 7.00. The second kappa shape index (κ2) is 8.11. The second-order valence-electron chi connectivity index (χ2n) is 6.84. The molecule has 0 aliphatic carbocycles. The fourth-order valence-electron chi connectivity index (χ4n) is 2.89. The number of hydrogen-bond acceptors (Lipinski definition) is 4. The summed E-state index contributed by atoms with van der Waals surface area (Å²) in [4.78, 5) is 17.0. The molecule has 4 nitrogen and oxygen atoms in total. The van der Waals surface area contributed by atoms with E-state index in [0.29, 0.717) is 5.56 Å². The standard InChI is InChI=1S/C23H19N3OS2/c1-14-3-6-16(7-4-14)21(27)26-23(28)24-18-10-8-17(9-11-18)22-25-19-12-5-15(2)13-20(19)29-22/h3-13H,1-2H3,(H2,24,26,27,28). The maximum Gasteiger partial charge on any atom is 0.257 e. The molecule has 6 heteroatoms. The van der Waals surface area contributed by atoms with Gasteiger partial charge in [-0.25, -0.2) is 4.98 Å². The van der Waals surface area contributed by atoms with Gasteiger partial charge in [-0.2, -0.15) is 0 Å². The molecule has 0 unspecified atom stereocenters. The molecule has 29 heavy (non-hydrogen) atoms. The summed E-state index contributed by atoms with van der Waals surface area (Å²) in [6.45, 7) is 4.06. The highest BCUT2D eigenvalue weighted by Gasteiger charge is 2.09. The molecule has 1 amide bonds. The number of carbonyl (C=O) groups excluding carboxylic acids is 1. The van der Waals surface area contributed by atoms with E-state index in [1.54, 1.807) is 23.5 Å². The molecule has 2 N–H and O–H groups in total. The molecule has 4 rings (SSSR count). The molecule has 0 radical (unpaired) electrons. The number of carbonyl (C=O) groups is 1. The first-order valence-corrected chi connectivity index (χ1v) is 10.4. The Bertz CT molecular complexity index is 1200. The highest BCUT2D eigenvalue weighted by atomic mass is 32.1. The van der Waals surface area contributed by atoms with Crippen molar-refractivity contribution in [1.29, 1.82) is 0 Å². The van der Waals surface area contributed by atoms with Crippen molar-refractivity contribution in [1.82, 2.24) is 10.3 Å². The number of benzene rings is 3. The topological polar surface area (TPSA) is 54.0 Å². The van der Waals surface area contributed by atoms with Gasteiger partial charge in [0, 0.05) is 16.8 Å². The second-order valence-corrected chi connectivity index (χ2v) is 8.28. The quantitative estimate of drug-likeness (QED) is 0.420. The third-order valence-electron chi connectivity index (χ3n) is 4.47. The van der Waals surface area contributed by atoms with Crippen molar-refractivity contribution in [2.24, 2.45) is 0 Å². The molecule has 0 spiro atoms. The zero-order valence-corrected chi connectivity index (χ0v) is 17.7. The number of fused-ring (bicyclic) bond motifs is 1. The molecule has 0 aliphatic heterocycles. The maximum absolute atomic E-state index is 12.3. The van der Waals surface area contributed by atoms with Gasteiger partial charge in [-0.15, -0.1) is 11.3 Å². The van der Waals surface area contributed by atoms with Gasteiger partial charge in [0.1, 0.15) is 5.01 Å². The number of thiazole rings is 1. The Morgan fingerprint density at radius 1 is 0.931 bits per heavy atom. The number of nitrogens with one attached hydrogen (secondary N) is 2. The first-order valence-electron chi connectivity index (χ1n) is 9.14. The van der Waals surface area contributed by atoms with Gasteiger partial charge >= 0.3 is 0 Å². The van der Waals surface area contributed by atoms with Crippen molar-refractivity contribution in [3.63, 3.8) is 0 Å². The van der Waals surface area contributed by atoms with E-state index in [1.165, 1.54) is 10.3 Å². The Labute approximate surface area is 178 Å². The van der Waals surface area contributed by atoms with Gasteiger partial charge in [-0.05, 0) is 80.2 Å². The number of aromatic nitrogens is 1. The molecule has 0 saturated heterocycles. The van der Waals surface area contributed by atoms with Crippen molar-refractivity contribution < 1.29 is 4.79 Å². The van der Waals surface area contributed by atoms with Gasteiger partial charge in [0.15, 0.2) is 5.11 Å². The highest BCUT2D eigenvalue weighted by Crippen LogP contribution is 2.31. The van der Waals surface area contributed by atoms with Crippen LogP contribution in [0, 0.1) is 13.8 Å². The molecule has 144 valence electrons. The lowest BCUT2D eigenvalue weighted by Gasteiger charge is -2.10. The van der Waals surface area contributed by atoms with E-state index in [9.17, 15) is 4.79 Å². The van der Waals surface area contributed by atoms with E-state index in [2.05, 4.69) is 35.8 Å². The van der Waals surface area contributed by atoms with Crippen LogP contribution in [0.5, 0.6) is 0 Å². The lowest BCUT2D eigenvalue weighted by atomic mass is 10.1. The van der Waals surface area contributed by atoms with Crippen molar-refractivity contribution in [3.8, 4) is 10.6 Å². The smallest absolute Gasteiger partial charge is 0.257 e. The summed E-state index contributed by atoms with van der Waals surface area (Å²) < 4.78 is 1.18. The number of rotatable bonds is 3. The molecule has 4 aromatic rings. The summed E-state index contributed by atoms with van der Waals surface area (Å²) in [5.41, 5.74) is 5.77. The third kappa shape index (κ3) is 4.50. The lowest BCUT2D eigenvalue weighted by molar-refractivity contribution is 0.0977. The van der Waals surface area contributed by atoms with Gasteiger partial charge in [0.25, 0.3) is 5.91 Å². The largest absolute Gasteiger partial charge is 0.332 e. The molecule has 0 atom stereocenters. The molecule has 0 fully saturated rings. The van der Waals surface area contributed by atoms with Gasteiger partial charge in [-0.1, -0.05) is 23.8 Å². The summed E-state index contributed by atoms with van der Waals surface area (Å²) in [6, 6.07) is 21.5. The summed E-state index contributed by atoms with van der Waals surface area (Å²) in [5.74, 6) is -0.233. The summed E-state index contributed by atoms with van der Waals surface area (Å²) in [7, 11) is 0. The van der Waals surface area contributed by atoms with Crippen LogP contribution in [0.25, 0.3) is 20.8 Å². The zero-order valence-electron chi connectivity index (χ0n) is 16.0. The van der Waals surface area contributed by atoms with E-state index >= 15 is 0 Å². The Hall–Kier alpha value is -3.09. The van der Waals surface area contributed by atoms with Gasteiger partial charge < -0.3 is 5.32 Å². The Kier molecular flexibility index (Phi) is 5.38. The van der Waals surface area contributed by atoms with Crippen LogP contribution in [0.15, 0.2) is 66.7 Å². The number of amides is 1. The average Bonchev–Trinajstić information content (AvgIpc) is 3.12. The van der Waals surface area contributed by atoms with Crippen LogP contribution >= 0.6 is 23.6 Å². The number of hydrogen-bond donors (Lipinski definition) is 2. The Balaban J connectivity index is 1.42. The Morgan fingerprint density at radius 3 is 2.34 bits per heavy atom. The van der Waals surface area contributed by atoms with Crippen LogP contribution in [0.3, 0.4) is 0 Å². The summed E-state index contributed by atoms with van der Waals surface area (Å²) >= 11 is 6.94. The van der Waals surface area contributed by atoms with E-state index in [0.717, 1.165) is 27.3 Å². The van der Waals surface area contributed by atoms with Crippen LogP contribution in [0.1, 0.15) is 21.5 Å². The number of aryl methyl sites for hydroxylation is 2. The van der Waals surface area contributed by atoms with Crippen molar-refractivity contribution in [2.75, 3.05) is 5.32 Å². The molecule has 3 aromatic carbocycles. The molecule has 0 bridgehead atoms. The Morgan fingerprint density at radius 2 is 1.62 bits per heavy atom. The van der Waals surface area contributed by atoms with Crippen LogP contribution in [-0.2, 0) is 0 Å². The third-order valence-corrected chi connectivity index (χ3v) is 5.75. The molecular weight excluding hydrogens is 398 g/mol. The number of anilines is 1. The van der Waals surface area contributed by atoms with Crippen LogP contribution in [0.4, 0.5) is 5.69 Å². The van der Waals surface area contributed by atoms with E-state index in [1.807, 2.05) is 43.3 Å². The monoisotopic (exact) mass is 417 g/mol. The molecular formula is C23H19N3OS2. The van der Waals surface area contributed by atoms with E-state index in [4.69, 9.17) is 17.2 Å². The molecule has 1 heterocycles. The van der Waals surface area contributed by atoms with Crippen molar-refractivity contribution in [3.05, 3.63) is 83.4 Å². The molecule has 1 aromatic heterocycles. The average molecular weight is 418 g/mol. The van der Waals surface area contributed by atoms with E-state index < -0.39 is 0 Å². The minimum atomic E-state index is -0.233. The van der Waals surface area contributed by atoms with Gasteiger partial charge in [-0.3, -0.25) is 10.1 Å². The van der Waals surface area contributed by atoms with Gasteiger partial charge in [0.2, 0.25) is 0 Å². The van der Waals surface area contributed by atoms with Crippen molar-refractivity contribution >= 4 is 50.5 Å². The molecule has 0 saturated carbocycles. The zero-order chi connectivity index (χ0) is 20.4. The lowest BCUT2D eigenvalue weighted by Crippen LogP contribution is -2.34. The normalized spacial score (nSPS) is 10.7. The first kappa shape index (κ1) is 19.2. The fraction of sp³-hybridized carbons (Fsp3) is 0.0870. The SMILES string of the molecule is Cc1ccc(C(=O)NC(=S)Nc2ccc(-c3nc4ccc(C)cc4s3)cc2)cc1. The van der Waals surface area contributed by atoms with E-state index in [-0.39, 0.29) is 11.0 Å². The minimum absolute atomic E-state index is 0.233. The van der Waals surface area contributed by atoms with Crippen LogP contribution in [0.2, 0.25) is 0 Å². The number of nitrogens with zero attached hydrogens (tertiary/aromatic N) is 1. The minimum Gasteiger partial charge on any atom is -0.332 e. The fourth-order valence-corrected chi connectivity index (χ4v) is 4.17. The van der Waals surface area contributed by atoms with Crippen LogP contribution < -0.4 is 10.6 Å². The van der Waals surface area contributed by atoms with Crippen molar-refractivity contribution in [2.45, 2.75) is 13.8 Å². The van der Waals surface area contributed by atoms with Gasteiger partial charge in [0.05, 0.1) is 10.2 Å².